The average molecular weight is 413 g/mol. The molecule has 0 fully saturated rings. The minimum Gasteiger partial charge on any atom is -0.493 e. The van der Waals surface area contributed by atoms with Gasteiger partial charge in [-0.3, -0.25) is 0 Å². The van der Waals surface area contributed by atoms with Crippen molar-refractivity contribution in [3.05, 3.63) is 71.6 Å². The molecule has 3 aromatic rings. The fourth-order valence-corrected chi connectivity index (χ4v) is 3.54. The van der Waals surface area contributed by atoms with Crippen molar-refractivity contribution in [1.82, 2.24) is 0 Å². The average Bonchev–Trinajstić information content (AvgIpc) is 3.28. The highest BCUT2D eigenvalue weighted by Gasteiger charge is 2.16. The highest BCUT2D eigenvalue weighted by Crippen LogP contribution is 2.26. The molecule has 0 saturated heterocycles. The van der Waals surface area contributed by atoms with Crippen molar-refractivity contribution in [2.24, 2.45) is 0 Å². The Kier molecular flexibility index (Phi) is 7.67. The summed E-state index contributed by atoms with van der Waals surface area (Å²) in [6, 6.07) is 19.7. The molecule has 1 atom stereocenters. The number of rotatable bonds is 11. The van der Waals surface area contributed by atoms with Crippen LogP contribution in [0.4, 0.5) is 0 Å². The van der Waals surface area contributed by atoms with Crippen LogP contribution in [-0.2, 0) is 16.0 Å². The van der Waals surface area contributed by atoms with Gasteiger partial charge in [0.25, 0.3) is 0 Å². The summed E-state index contributed by atoms with van der Waals surface area (Å²) in [5.74, 6) is 0.633. The molecule has 0 spiro atoms. The maximum absolute atomic E-state index is 11.0. The van der Waals surface area contributed by atoms with Crippen LogP contribution in [-0.4, -0.2) is 37.5 Å². The van der Waals surface area contributed by atoms with Crippen LogP contribution in [0.5, 0.6) is 11.5 Å². The predicted octanol–water partition coefficient (Wildman–Crippen LogP) is 4.91. The third-order valence-corrected chi connectivity index (χ3v) is 5.31. The minimum atomic E-state index is -0.964. The molecule has 5 nitrogen and oxygen atoms in total. The molecule has 1 N–H and O–H groups in total. The number of methoxy groups -OCH3 is 1. The first-order valence-electron chi connectivity index (χ1n) is 9.40. The van der Waals surface area contributed by atoms with Crippen LogP contribution in [0.2, 0.25) is 0 Å². The van der Waals surface area contributed by atoms with Gasteiger partial charge in [-0.05, 0) is 59.0 Å². The first-order valence-corrected chi connectivity index (χ1v) is 10.3. The number of aliphatic carboxylic acids is 1. The van der Waals surface area contributed by atoms with E-state index in [-0.39, 0.29) is 0 Å². The third kappa shape index (κ3) is 6.34. The molecular weight excluding hydrogens is 388 g/mol. The van der Waals surface area contributed by atoms with Crippen LogP contribution in [0.25, 0.3) is 10.4 Å². The maximum atomic E-state index is 11.0. The molecule has 0 saturated carbocycles. The number of carbonyl (C=O) groups is 1. The number of hydrogen-bond acceptors (Lipinski definition) is 5. The number of carboxylic acid groups (broad SMARTS) is 1. The number of carboxylic acids is 1. The molecule has 1 aromatic heterocycles. The SMILES string of the molecule is CO[C@@H](Cc1ccc(OCCCOc2ccc(-c3cccs3)cc2)cc1)C(=O)O. The van der Waals surface area contributed by atoms with Crippen molar-refractivity contribution in [2.45, 2.75) is 18.9 Å². The van der Waals surface area contributed by atoms with Gasteiger partial charge in [0.05, 0.1) is 13.2 Å². The van der Waals surface area contributed by atoms with E-state index in [1.54, 1.807) is 11.3 Å². The Morgan fingerprint density at radius 2 is 1.59 bits per heavy atom. The van der Waals surface area contributed by atoms with Crippen molar-refractivity contribution in [1.29, 1.82) is 0 Å². The van der Waals surface area contributed by atoms with Gasteiger partial charge >= 0.3 is 5.97 Å². The number of ether oxygens (including phenoxy) is 3. The Morgan fingerprint density at radius 1 is 0.966 bits per heavy atom. The lowest BCUT2D eigenvalue weighted by atomic mass is 10.1. The fraction of sp³-hybridized carbons (Fsp3) is 0.261. The van der Waals surface area contributed by atoms with E-state index in [1.807, 2.05) is 42.5 Å². The van der Waals surface area contributed by atoms with Crippen LogP contribution in [0.1, 0.15) is 12.0 Å². The summed E-state index contributed by atoms with van der Waals surface area (Å²) in [4.78, 5) is 12.3. The highest BCUT2D eigenvalue weighted by atomic mass is 32.1. The van der Waals surface area contributed by atoms with Gasteiger partial charge in [0, 0.05) is 24.8 Å². The molecule has 0 aliphatic rings. The predicted molar refractivity (Wildman–Crippen MR) is 114 cm³/mol. The lowest BCUT2D eigenvalue weighted by Gasteiger charge is -2.11. The van der Waals surface area contributed by atoms with Gasteiger partial charge in [-0.25, -0.2) is 4.79 Å². The van der Waals surface area contributed by atoms with E-state index < -0.39 is 12.1 Å². The van der Waals surface area contributed by atoms with Crippen LogP contribution in [0.3, 0.4) is 0 Å². The Morgan fingerprint density at radius 3 is 2.10 bits per heavy atom. The van der Waals surface area contributed by atoms with Gasteiger partial charge in [0.1, 0.15) is 11.5 Å². The summed E-state index contributed by atoms with van der Waals surface area (Å²) in [5.41, 5.74) is 2.08. The van der Waals surface area contributed by atoms with Crippen molar-refractivity contribution in [3.8, 4) is 21.9 Å². The van der Waals surface area contributed by atoms with Gasteiger partial charge in [-0.15, -0.1) is 11.3 Å². The van der Waals surface area contributed by atoms with Crippen LogP contribution in [0.15, 0.2) is 66.0 Å². The molecule has 3 rings (SSSR count). The minimum absolute atomic E-state index is 0.325. The second-order valence-electron chi connectivity index (χ2n) is 6.46. The molecule has 2 aromatic carbocycles. The van der Waals surface area contributed by atoms with Crippen molar-refractivity contribution >= 4 is 17.3 Å². The van der Waals surface area contributed by atoms with E-state index in [9.17, 15) is 4.79 Å². The van der Waals surface area contributed by atoms with E-state index >= 15 is 0 Å². The van der Waals surface area contributed by atoms with Gasteiger partial charge in [-0.1, -0.05) is 18.2 Å². The first-order chi connectivity index (χ1) is 14.2. The lowest BCUT2D eigenvalue weighted by Crippen LogP contribution is -2.24. The Hall–Kier alpha value is -2.83. The molecule has 29 heavy (non-hydrogen) atoms. The Labute approximate surface area is 174 Å². The monoisotopic (exact) mass is 412 g/mol. The molecule has 6 heteroatoms. The molecule has 0 aliphatic carbocycles. The van der Waals surface area contributed by atoms with Gasteiger partial charge in [0.15, 0.2) is 6.10 Å². The first kappa shape index (κ1) is 20.9. The van der Waals surface area contributed by atoms with Crippen molar-refractivity contribution < 1.29 is 24.1 Å². The van der Waals surface area contributed by atoms with Gasteiger partial charge in [-0.2, -0.15) is 0 Å². The van der Waals surface area contributed by atoms with Crippen molar-refractivity contribution in [3.63, 3.8) is 0 Å². The zero-order valence-corrected chi connectivity index (χ0v) is 17.1. The second kappa shape index (κ2) is 10.6. The number of thiophene rings is 1. The van der Waals surface area contributed by atoms with E-state index in [4.69, 9.17) is 19.3 Å². The maximum Gasteiger partial charge on any atom is 0.333 e. The second-order valence-corrected chi connectivity index (χ2v) is 7.41. The summed E-state index contributed by atoms with van der Waals surface area (Å²) in [7, 11) is 1.40. The molecule has 1 heterocycles. The standard InChI is InChI=1S/C23H24O5S/c1-26-21(23(24)25)16-17-5-9-19(10-6-17)27-13-3-14-28-20-11-7-18(8-12-20)22-4-2-15-29-22/h2,4-12,15,21H,3,13-14,16H2,1H3,(H,24,25)/t21-/m0/s1. The highest BCUT2D eigenvalue weighted by molar-refractivity contribution is 7.13. The summed E-state index contributed by atoms with van der Waals surface area (Å²) < 4.78 is 16.4. The zero-order valence-electron chi connectivity index (χ0n) is 16.2. The summed E-state index contributed by atoms with van der Waals surface area (Å²) in [6.45, 7) is 1.12. The molecule has 152 valence electrons. The molecule has 0 amide bonds. The normalized spacial score (nSPS) is 11.8. The summed E-state index contributed by atoms with van der Waals surface area (Å²) in [6.07, 6.45) is 0.253. The largest absolute Gasteiger partial charge is 0.493 e. The molecule has 0 radical (unpaired) electrons. The van der Waals surface area contributed by atoms with Crippen LogP contribution in [0, 0.1) is 0 Å². The third-order valence-electron chi connectivity index (χ3n) is 4.39. The van der Waals surface area contributed by atoms with Crippen LogP contribution < -0.4 is 9.47 Å². The molecule has 0 bridgehead atoms. The van der Waals surface area contributed by atoms with E-state index in [0.717, 1.165) is 23.5 Å². The van der Waals surface area contributed by atoms with Crippen LogP contribution >= 0.6 is 11.3 Å². The topological polar surface area (TPSA) is 65.0 Å². The zero-order chi connectivity index (χ0) is 20.5. The summed E-state index contributed by atoms with van der Waals surface area (Å²) in [5, 5.41) is 11.1. The van der Waals surface area contributed by atoms with E-state index in [1.165, 1.54) is 17.6 Å². The summed E-state index contributed by atoms with van der Waals surface area (Å²) >= 11 is 1.72. The van der Waals surface area contributed by atoms with Gasteiger partial charge in [0.2, 0.25) is 0 Å². The smallest absolute Gasteiger partial charge is 0.333 e. The Balaban J connectivity index is 1.36. The fourth-order valence-electron chi connectivity index (χ4n) is 2.80. The molecular formula is C23H24O5S. The molecule has 0 aliphatic heterocycles. The molecule has 0 unspecified atom stereocenters. The lowest BCUT2D eigenvalue weighted by molar-refractivity contribution is -0.148. The van der Waals surface area contributed by atoms with E-state index in [2.05, 4.69) is 23.6 Å². The number of benzene rings is 2. The van der Waals surface area contributed by atoms with Crippen molar-refractivity contribution in [2.75, 3.05) is 20.3 Å². The van der Waals surface area contributed by atoms with E-state index in [0.29, 0.717) is 19.6 Å². The van der Waals surface area contributed by atoms with Gasteiger partial charge < -0.3 is 19.3 Å². The number of hydrogen-bond donors (Lipinski definition) is 1. The Bertz CT molecular complexity index is 873. The quantitative estimate of drug-likeness (QED) is 0.454.